The van der Waals surface area contributed by atoms with Gasteiger partial charge < -0.3 is 15.8 Å². The number of esters is 1. The van der Waals surface area contributed by atoms with Gasteiger partial charge in [-0.25, -0.2) is 4.79 Å². The predicted molar refractivity (Wildman–Crippen MR) is 69.4 cm³/mol. The van der Waals surface area contributed by atoms with E-state index in [1.54, 1.807) is 6.07 Å². The quantitative estimate of drug-likeness (QED) is 0.629. The molecule has 0 bridgehead atoms. The highest BCUT2D eigenvalue weighted by molar-refractivity contribution is 6.33. The van der Waals surface area contributed by atoms with Crippen molar-refractivity contribution in [2.75, 3.05) is 18.9 Å². The molecule has 0 heterocycles. The Morgan fingerprint density at radius 2 is 2.17 bits per heavy atom. The maximum Gasteiger partial charge on any atom is 0.339 e. The third-order valence-electron chi connectivity index (χ3n) is 2.15. The van der Waals surface area contributed by atoms with Crippen LogP contribution in [0, 0.1) is 0 Å². The number of nitrogen functional groups attached to an aromatic ring is 1. The number of anilines is 1. The standard InChI is InChI=1S/C12H15ClN2O3/c1-2-15-11(16)5-6-18-12(17)9-7-8(14)3-4-10(9)13/h3-4,7H,2,5-6,14H2,1H3,(H,15,16). The fraction of sp³-hybridized carbons (Fsp3) is 0.333. The topological polar surface area (TPSA) is 81.4 Å². The molecule has 98 valence electrons. The number of carbonyl (C=O) groups is 2. The van der Waals surface area contributed by atoms with Gasteiger partial charge in [0, 0.05) is 12.2 Å². The van der Waals surface area contributed by atoms with Crippen molar-refractivity contribution in [1.82, 2.24) is 5.32 Å². The molecule has 1 rings (SSSR count). The first-order valence-corrected chi connectivity index (χ1v) is 5.91. The molecular weight excluding hydrogens is 256 g/mol. The summed E-state index contributed by atoms with van der Waals surface area (Å²) in [7, 11) is 0. The van der Waals surface area contributed by atoms with Crippen LogP contribution in [-0.4, -0.2) is 25.0 Å². The van der Waals surface area contributed by atoms with Gasteiger partial charge in [-0.2, -0.15) is 0 Å². The Hall–Kier alpha value is -1.75. The number of amides is 1. The minimum atomic E-state index is -0.586. The largest absolute Gasteiger partial charge is 0.462 e. The molecular formula is C12H15ClN2O3. The van der Waals surface area contributed by atoms with E-state index in [1.165, 1.54) is 12.1 Å². The Bertz CT molecular complexity index is 449. The van der Waals surface area contributed by atoms with E-state index < -0.39 is 5.97 Å². The van der Waals surface area contributed by atoms with Crippen LogP contribution in [0.5, 0.6) is 0 Å². The number of rotatable bonds is 5. The van der Waals surface area contributed by atoms with Crippen molar-refractivity contribution in [3.8, 4) is 0 Å². The highest BCUT2D eigenvalue weighted by Crippen LogP contribution is 2.19. The van der Waals surface area contributed by atoms with Gasteiger partial charge in [0.05, 0.1) is 17.0 Å². The van der Waals surface area contributed by atoms with E-state index >= 15 is 0 Å². The third kappa shape index (κ3) is 4.25. The van der Waals surface area contributed by atoms with Crippen LogP contribution in [-0.2, 0) is 9.53 Å². The SMILES string of the molecule is CCNC(=O)CCOC(=O)c1cc(N)ccc1Cl. The summed E-state index contributed by atoms with van der Waals surface area (Å²) in [4.78, 5) is 22.8. The van der Waals surface area contributed by atoms with Gasteiger partial charge in [0.2, 0.25) is 5.91 Å². The molecule has 0 radical (unpaired) electrons. The fourth-order valence-corrected chi connectivity index (χ4v) is 1.49. The number of hydrogen-bond donors (Lipinski definition) is 2. The Balaban J connectivity index is 2.50. The highest BCUT2D eigenvalue weighted by atomic mass is 35.5. The lowest BCUT2D eigenvalue weighted by atomic mass is 10.2. The first kappa shape index (κ1) is 14.3. The van der Waals surface area contributed by atoms with Crippen LogP contribution in [0.2, 0.25) is 5.02 Å². The summed E-state index contributed by atoms with van der Waals surface area (Å²) in [5, 5.41) is 2.87. The number of ether oxygens (including phenoxy) is 1. The van der Waals surface area contributed by atoms with Crippen molar-refractivity contribution in [3.05, 3.63) is 28.8 Å². The van der Waals surface area contributed by atoms with Crippen LogP contribution >= 0.6 is 11.6 Å². The van der Waals surface area contributed by atoms with Crippen molar-refractivity contribution in [2.24, 2.45) is 0 Å². The van der Waals surface area contributed by atoms with Gasteiger partial charge in [0.1, 0.15) is 6.61 Å². The second-order valence-electron chi connectivity index (χ2n) is 3.58. The molecule has 0 atom stereocenters. The Labute approximate surface area is 110 Å². The van der Waals surface area contributed by atoms with Crippen LogP contribution in [0.4, 0.5) is 5.69 Å². The van der Waals surface area contributed by atoms with Crippen LogP contribution in [0.3, 0.4) is 0 Å². The maximum atomic E-state index is 11.7. The van der Waals surface area contributed by atoms with Crippen molar-refractivity contribution in [1.29, 1.82) is 0 Å². The number of hydrogen-bond acceptors (Lipinski definition) is 4. The molecule has 0 saturated carbocycles. The van der Waals surface area contributed by atoms with E-state index in [1.807, 2.05) is 6.92 Å². The molecule has 0 aromatic heterocycles. The van der Waals surface area contributed by atoms with Gasteiger partial charge in [-0.05, 0) is 25.1 Å². The van der Waals surface area contributed by atoms with Crippen LogP contribution in [0.25, 0.3) is 0 Å². The van der Waals surface area contributed by atoms with Crippen LogP contribution in [0.1, 0.15) is 23.7 Å². The second kappa shape index (κ2) is 6.86. The minimum absolute atomic E-state index is 0.00972. The maximum absolute atomic E-state index is 11.7. The molecule has 5 nitrogen and oxygen atoms in total. The summed E-state index contributed by atoms with van der Waals surface area (Å²) in [6.45, 7) is 2.38. The lowest BCUT2D eigenvalue weighted by Crippen LogP contribution is -2.24. The Morgan fingerprint density at radius 1 is 1.44 bits per heavy atom. The van der Waals surface area contributed by atoms with Gasteiger partial charge in [-0.3, -0.25) is 4.79 Å². The summed E-state index contributed by atoms with van der Waals surface area (Å²) in [6.07, 6.45) is 0.125. The molecule has 0 spiro atoms. The highest BCUT2D eigenvalue weighted by Gasteiger charge is 2.12. The first-order valence-electron chi connectivity index (χ1n) is 5.53. The number of benzene rings is 1. The Morgan fingerprint density at radius 3 is 2.83 bits per heavy atom. The summed E-state index contributed by atoms with van der Waals surface area (Å²) >= 11 is 5.85. The van der Waals surface area contributed by atoms with Gasteiger partial charge in [0.15, 0.2) is 0 Å². The summed E-state index contributed by atoms with van der Waals surface area (Å²) in [5.74, 6) is -0.749. The molecule has 6 heteroatoms. The fourth-order valence-electron chi connectivity index (χ4n) is 1.30. The number of halogens is 1. The second-order valence-corrected chi connectivity index (χ2v) is 3.99. The normalized spacial score (nSPS) is 9.89. The summed E-state index contributed by atoms with van der Waals surface area (Å²) in [6, 6.07) is 4.56. The smallest absolute Gasteiger partial charge is 0.339 e. The van der Waals surface area contributed by atoms with Gasteiger partial charge >= 0.3 is 5.97 Å². The Kier molecular flexibility index (Phi) is 5.45. The molecule has 3 N–H and O–H groups in total. The summed E-state index contributed by atoms with van der Waals surface area (Å²) < 4.78 is 4.94. The monoisotopic (exact) mass is 270 g/mol. The number of carbonyl (C=O) groups excluding carboxylic acids is 2. The van der Waals surface area contributed by atoms with Crippen molar-refractivity contribution >= 4 is 29.2 Å². The number of nitrogens with one attached hydrogen (secondary N) is 1. The van der Waals surface area contributed by atoms with Gasteiger partial charge in [-0.15, -0.1) is 0 Å². The molecule has 18 heavy (non-hydrogen) atoms. The van der Waals surface area contributed by atoms with E-state index in [9.17, 15) is 9.59 Å². The summed E-state index contributed by atoms with van der Waals surface area (Å²) in [5.41, 5.74) is 6.18. The van der Waals surface area contributed by atoms with Gasteiger partial charge in [-0.1, -0.05) is 11.6 Å². The van der Waals surface area contributed by atoms with E-state index in [0.717, 1.165) is 0 Å². The third-order valence-corrected chi connectivity index (χ3v) is 2.48. The molecule has 0 unspecified atom stereocenters. The van der Waals surface area contributed by atoms with Crippen LogP contribution in [0.15, 0.2) is 18.2 Å². The molecule has 0 aliphatic heterocycles. The predicted octanol–water partition coefficient (Wildman–Crippen LogP) is 1.61. The lowest BCUT2D eigenvalue weighted by molar-refractivity contribution is -0.121. The van der Waals surface area contributed by atoms with Crippen molar-refractivity contribution in [2.45, 2.75) is 13.3 Å². The van der Waals surface area contributed by atoms with E-state index in [4.69, 9.17) is 22.1 Å². The van der Waals surface area contributed by atoms with Gasteiger partial charge in [0.25, 0.3) is 0 Å². The van der Waals surface area contributed by atoms with E-state index in [-0.39, 0.29) is 29.5 Å². The van der Waals surface area contributed by atoms with E-state index in [0.29, 0.717) is 12.2 Å². The molecule has 1 aromatic carbocycles. The van der Waals surface area contributed by atoms with E-state index in [2.05, 4.69) is 5.32 Å². The zero-order valence-corrected chi connectivity index (χ0v) is 10.8. The molecule has 1 aromatic rings. The molecule has 1 amide bonds. The molecule has 0 aliphatic rings. The molecule has 0 aliphatic carbocycles. The molecule has 0 saturated heterocycles. The minimum Gasteiger partial charge on any atom is -0.462 e. The average Bonchev–Trinajstić information content (AvgIpc) is 2.32. The molecule has 0 fully saturated rings. The van der Waals surface area contributed by atoms with Crippen molar-refractivity contribution < 1.29 is 14.3 Å². The van der Waals surface area contributed by atoms with Crippen LogP contribution < -0.4 is 11.1 Å². The van der Waals surface area contributed by atoms with Crippen molar-refractivity contribution in [3.63, 3.8) is 0 Å². The zero-order chi connectivity index (χ0) is 13.5. The zero-order valence-electron chi connectivity index (χ0n) is 10.0. The average molecular weight is 271 g/mol. The lowest BCUT2D eigenvalue weighted by Gasteiger charge is -2.07. The number of nitrogens with two attached hydrogens (primary N) is 1. The first-order chi connectivity index (χ1) is 8.54.